The molecule has 5 fully saturated rings. The van der Waals surface area contributed by atoms with Crippen LogP contribution in [0, 0.1) is 23.5 Å². The lowest BCUT2D eigenvalue weighted by atomic mass is 9.85. The molecule has 58 heavy (non-hydrogen) atoms. The van der Waals surface area contributed by atoms with Crippen LogP contribution < -0.4 is 25.8 Å². The van der Waals surface area contributed by atoms with Crippen LogP contribution in [0.15, 0.2) is 48.7 Å². The van der Waals surface area contributed by atoms with Gasteiger partial charge < -0.3 is 25.2 Å². The number of ether oxygens (including phenoxy) is 1. The molecule has 4 saturated heterocycles. The number of halogens is 2. The number of hydrogen-bond acceptors (Lipinski definition) is 11. The molecule has 4 aliphatic heterocycles. The average Bonchev–Trinajstić information content (AvgIpc) is 3.23. The van der Waals surface area contributed by atoms with Gasteiger partial charge in [0.05, 0.1) is 18.5 Å². The van der Waals surface area contributed by atoms with Gasteiger partial charge in [0.15, 0.2) is 5.82 Å². The Bertz CT molecular complexity index is 2000. The van der Waals surface area contributed by atoms with Gasteiger partial charge in [0.25, 0.3) is 0 Å². The van der Waals surface area contributed by atoms with Crippen LogP contribution in [0.25, 0.3) is 11.3 Å². The quantitative estimate of drug-likeness (QED) is 0.237. The van der Waals surface area contributed by atoms with Gasteiger partial charge in [-0.25, -0.2) is 23.5 Å². The molecule has 308 valence electrons. The number of piperazine rings is 1. The van der Waals surface area contributed by atoms with Gasteiger partial charge in [-0.2, -0.15) is 0 Å². The molecule has 1 atom stereocenters. The topological polar surface area (TPSA) is 152 Å². The zero-order valence-electron chi connectivity index (χ0n) is 32.6. The first-order chi connectivity index (χ1) is 28.2. The summed E-state index contributed by atoms with van der Waals surface area (Å²) in [7, 11) is 0. The SMILES string of the molecule is O=C1CCC(Nc2ccc(N3CCC(CN4CCN(C(=O)C5CCC(Nc6ncc(F)c(-c7cccc(N8CCCOC8=O)c7)n6)CC5)CC4)CC3)c(F)c2)C(=O)N1. The van der Waals surface area contributed by atoms with Gasteiger partial charge in [0, 0.05) is 87.7 Å². The molecule has 0 bridgehead atoms. The summed E-state index contributed by atoms with van der Waals surface area (Å²) in [5, 5.41) is 8.74. The molecule has 0 radical (unpaired) electrons. The molecule has 1 saturated carbocycles. The van der Waals surface area contributed by atoms with Crippen molar-refractivity contribution in [3.63, 3.8) is 0 Å². The number of amides is 4. The largest absolute Gasteiger partial charge is 0.449 e. The zero-order chi connectivity index (χ0) is 40.2. The third-order valence-corrected chi connectivity index (χ3v) is 12.2. The molecule has 14 nitrogen and oxygen atoms in total. The van der Waals surface area contributed by atoms with E-state index in [4.69, 9.17) is 4.74 Å². The second kappa shape index (κ2) is 17.6. The van der Waals surface area contributed by atoms with Crippen LogP contribution in [0.2, 0.25) is 0 Å². The highest BCUT2D eigenvalue weighted by Crippen LogP contribution is 2.32. The minimum absolute atomic E-state index is 0.0227. The minimum Gasteiger partial charge on any atom is -0.449 e. The van der Waals surface area contributed by atoms with E-state index in [0.29, 0.717) is 67.2 Å². The lowest BCUT2D eigenvalue weighted by Gasteiger charge is -2.40. The van der Waals surface area contributed by atoms with Crippen LogP contribution in [0.1, 0.15) is 57.8 Å². The summed E-state index contributed by atoms with van der Waals surface area (Å²) in [6.07, 6.45) is 7.11. The Morgan fingerprint density at radius 1 is 0.862 bits per heavy atom. The van der Waals surface area contributed by atoms with Crippen LogP contribution in [0.4, 0.5) is 36.6 Å². The molecule has 3 N–H and O–H groups in total. The molecular formula is C42H51F2N9O5. The summed E-state index contributed by atoms with van der Waals surface area (Å²) >= 11 is 0. The van der Waals surface area contributed by atoms with Gasteiger partial charge in [-0.1, -0.05) is 12.1 Å². The van der Waals surface area contributed by atoms with Gasteiger partial charge in [-0.3, -0.25) is 29.5 Å². The molecule has 5 aliphatic rings. The third-order valence-electron chi connectivity index (χ3n) is 12.2. The molecule has 8 rings (SSSR count). The summed E-state index contributed by atoms with van der Waals surface area (Å²) in [5.74, 6) is -0.517. The molecule has 5 heterocycles. The Morgan fingerprint density at radius 3 is 2.40 bits per heavy atom. The van der Waals surface area contributed by atoms with Gasteiger partial charge >= 0.3 is 6.09 Å². The predicted octanol–water partition coefficient (Wildman–Crippen LogP) is 5.02. The first-order valence-corrected chi connectivity index (χ1v) is 20.7. The molecule has 0 spiro atoms. The van der Waals surface area contributed by atoms with Crippen molar-refractivity contribution in [2.75, 3.05) is 79.4 Å². The van der Waals surface area contributed by atoms with Crippen molar-refractivity contribution in [1.29, 1.82) is 0 Å². The number of cyclic esters (lactones) is 1. The standard InChI is InChI=1S/C42H51F2N9O5/c43-33-24-31(46-35-10-12-37(54)48-39(35)55)9-11-36(33)51-16-13-27(14-17-51)26-50-18-20-52(21-19-50)40(56)28-5-7-30(8-6-28)47-41-45-25-34(44)38(49-41)29-3-1-4-32(23-29)53-15-2-22-58-42(53)57/h1,3-4,9,11,23-25,27-28,30,35,46H,2,5-8,10,12-22,26H2,(H,45,47,49)(H,48,54,55). The highest BCUT2D eigenvalue weighted by molar-refractivity contribution is 6.01. The van der Waals surface area contributed by atoms with E-state index < -0.39 is 18.0 Å². The minimum atomic E-state index is -0.559. The number of hydrogen-bond donors (Lipinski definition) is 3. The van der Waals surface area contributed by atoms with E-state index in [1.807, 2.05) is 4.90 Å². The average molecular weight is 800 g/mol. The maximum Gasteiger partial charge on any atom is 0.414 e. The lowest BCUT2D eigenvalue weighted by molar-refractivity contribution is -0.138. The van der Waals surface area contributed by atoms with E-state index >= 15 is 4.39 Å². The van der Waals surface area contributed by atoms with Gasteiger partial charge in [-0.15, -0.1) is 0 Å². The first-order valence-electron chi connectivity index (χ1n) is 20.7. The molecule has 3 aromatic rings. The van der Waals surface area contributed by atoms with E-state index in [2.05, 4.69) is 35.7 Å². The fraction of sp³-hybridized carbons (Fsp3) is 0.524. The van der Waals surface area contributed by atoms with Crippen molar-refractivity contribution in [1.82, 2.24) is 25.1 Å². The van der Waals surface area contributed by atoms with Crippen LogP contribution in [-0.2, 0) is 19.1 Å². The number of anilines is 4. The fourth-order valence-electron chi connectivity index (χ4n) is 8.93. The van der Waals surface area contributed by atoms with Crippen molar-refractivity contribution in [2.24, 2.45) is 11.8 Å². The summed E-state index contributed by atoms with van der Waals surface area (Å²) in [6, 6.07) is 11.5. The number of imide groups is 1. The highest BCUT2D eigenvalue weighted by Gasteiger charge is 2.33. The Balaban J connectivity index is 0.755. The number of aromatic nitrogens is 2. The number of nitrogens with zero attached hydrogens (tertiary/aromatic N) is 6. The zero-order valence-corrected chi connectivity index (χ0v) is 32.6. The van der Waals surface area contributed by atoms with Crippen molar-refractivity contribution >= 4 is 46.8 Å². The molecule has 2 aromatic carbocycles. The van der Waals surface area contributed by atoms with Crippen LogP contribution >= 0.6 is 0 Å². The van der Waals surface area contributed by atoms with E-state index in [1.54, 1.807) is 41.3 Å². The smallest absolute Gasteiger partial charge is 0.414 e. The van der Waals surface area contributed by atoms with Crippen molar-refractivity contribution in [2.45, 2.75) is 69.9 Å². The fourth-order valence-corrected chi connectivity index (χ4v) is 8.93. The third kappa shape index (κ3) is 9.16. The summed E-state index contributed by atoms with van der Waals surface area (Å²) in [6.45, 7) is 6.53. The maximum atomic E-state index is 15.2. The van der Waals surface area contributed by atoms with Crippen molar-refractivity contribution in [3.8, 4) is 11.3 Å². The normalized spacial score (nSPS) is 23.7. The van der Waals surface area contributed by atoms with E-state index in [0.717, 1.165) is 77.7 Å². The number of nitrogens with one attached hydrogen (secondary N) is 3. The molecular weight excluding hydrogens is 749 g/mol. The number of carbonyl (C=O) groups is 4. The molecule has 1 aliphatic carbocycles. The first kappa shape index (κ1) is 39.4. The Labute approximate surface area is 336 Å². The van der Waals surface area contributed by atoms with Crippen molar-refractivity contribution in [3.05, 3.63) is 60.3 Å². The second-order valence-corrected chi connectivity index (χ2v) is 16.1. The maximum absolute atomic E-state index is 15.2. The lowest BCUT2D eigenvalue weighted by Crippen LogP contribution is -2.52. The Morgan fingerprint density at radius 2 is 1.66 bits per heavy atom. The summed E-state index contributed by atoms with van der Waals surface area (Å²) < 4.78 is 35.3. The highest BCUT2D eigenvalue weighted by atomic mass is 19.1. The van der Waals surface area contributed by atoms with E-state index in [-0.39, 0.29) is 47.6 Å². The van der Waals surface area contributed by atoms with E-state index in [1.165, 1.54) is 12.3 Å². The van der Waals surface area contributed by atoms with Crippen molar-refractivity contribution < 1.29 is 32.7 Å². The molecule has 1 unspecified atom stereocenters. The number of carbonyl (C=O) groups excluding carboxylic acids is 4. The summed E-state index contributed by atoms with van der Waals surface area (Å²) in [4.78, 5) is 66.2. The monoisotopic (exact) mass is 799 g/mol. The number of benzene rings is 2. The van der Waals surface area contributed by atoms with Crippen LogP contribution in [0.5, 0.6) is 0 Å². The Hall–Kier alpha value is -5.38. The summed E-state index contributed by atoms with van der Waals surface area (Å²) in [5.41, 5.74) is 2.39. The predicted molar refractivity (Wildman–Crippen MR) is 214 cm³/mol. The van der Waals surface area contributed by atoms with Gasteiger partial charge in [0.2, 0.25) is 23.7 Å². The van der Waals surface area contributed by atoms with Crippen LogP contribution in [-0.4, -0.2) is 115 Å². The van der Waals surface area contributed by atoms with Gasteiger partial charge in [-0.05, 0) is 87.6 Å². The van der Waals surface area contributed by atoms with E-state index in [9.17, 15) is 23.6 Å². The second-order valence-electron chi connectivity index (χ2n) is 16.1. The van der Waals surface area contributed by atoms with Crippen LogP contribution in [0.3, 0.4) is 0 Å². The van der Waals surface area contributed by atoms with Gasteiger partial charge in [0.1, 0.15) is 17.6 Å². The number of piperidine rings is 2. The number of rotatable bonds is 10. The molecule has 16 heteroatoms. The molecule has 1 aromatic heterocycles. The molecule has 4 amide bonds. The Kier molecular flexibility index (Phi) is 12.0.